The van der Waals surface area contributed by atoms with Crippen molar-refractivity contribution < 1.29 is 0 Å². The second kappa shape index (κ2) is 16.2. The van der Waals surface area contributed by atoms with Gasteiger partial charge in [-0.3, -0.25) is 0 Å². The molecule has 0 bridgehead atoms. The van der Waals surface area contributed by atoms with Crippen LogP contribution < -0.4 is 0 Å². The maximum Gasteiger partial charge on any atom is 0.0165 e. The normalized spacial score (nSPS) is 14.1. The van der Waals surface area contributed by atoms with Crippen molar-refractivity contribution in [3.63, 3.8) is 0 Å². The molecule has 258 valence electrons. The predicted octanol–water partition coefficient (Wildman–Crippen LogP) is 14.5. The van der Waals surface area contributed by atoms with Crippen molar-refractivity contribution in [1.29, 1.82) is 0 Å². The fourth-order valence-corrected chi connectivity index (χ4v) is 7.28. The smallest absolute Gasteiger partial charge is 0.0165 e. The summed E-state index contributed by atoms with van der Waals surface area (Å²) in [5.74, 6) is 0. The van der Waals surface area contributed by atoms with Crippen LogP contribution in [0.25, 0.3) is 45.2 Å². The summed E-state index contributed by atoms with van der Waals surface area (Å²) in [7, 11) is 0. The topological polar surface area (TPSA) is 0 Å². The molecule has 0 radical (unpaired) electrons. The van der Waals surface area contributed by atoms with Gasteiger partial charge in [-0.25, -0.2) is 0 Å². The van der Waals surface area contributed by atoms with E-state index < -0.39 is 0 Å². The Balaban J connectivity index is 1.49. The van der Waals surface area contributed by atoms with E-state index in [2.05, 4.69) is 174 Å². The van der Waals surface area contributed by atoms with Crippen molar-refractivity contribution in [2.24, 2.45) is 0 Å². The molecule has 0 unspecified atom stereocenters. The molecule has 0 N–H and O–H groups in total. The summed E-state index contributed by atoms with van der Waals surface area (Å²) in [5, 5.41) is 2.59. The number of fused-ring (bicyclic) bond motifs is 5. The summed E-state index contributed by atoms with van der Waals surface area (Å²) in [5.41, 5.74) is 14.6. The van der Waals surface area contributed by atoms with Crippen molar-refractivity contribution in [3.8, 4) is 11.1 Å². The van der Waals surface area contributed by atoms with E-state index in [1.807, 2.05) is 42.5 Å². The molecule has 0 atom stereocenters. The van der Waals surface area contributed by atoms with Gasteiger partial charge < -0.3 is 0 Å². The first-order valence-electron chi connectivity index (χ1n) is 18.0. The van der Waals surface area contributed by atoms with E-state index in [9.17, 15) is 0 Å². The molecule has 6 rings (SSSR count). The fourth-order valence-electron chi connectivity index (χ4n) is 7.28. The average molecular weight is 683 g/mol. The molecule has 5 aromatic rings. The molecule has 5 aromatic carbocycles. The molecule has 0 nitrogen and oxygen atoms in total. The summed E-state index contributed by atoms with van der Waals surface area (Å²) < 4.78 is 0. The lowest BCUT2D eigenvalue weighted by Crippen LogP contribution is -2.15. The quantitative estimate of drug-likeness (QED) is 0.108. The Morgan fingerprint density at radius 1 is 0.566 bits per heavy atom. The minimum Gasteiger partial charge on any atom is -0.0991 e. The highest BCUT2D eigenvalue weighted by Crippen LogP contribution is 2.51. The summed E-state index contributed by atoms with van der Waals surface area (Å²) in [6, 6.07) is 37.0. The van der Waals surface area contributed by atoms with Crippen molar-refractivity contribution in [2.75, 3.05) is 0 Å². The Hall–Kier alpha value is -6.50. The van der Waals surface area contributed by atoms with Crippen molar-refractivity contribution in [2.45, 2.75) is 19.3 Å². The van der Waals surface area contributed by atoms with E-state index in [1.165, 1.54) is 33.0 Å². The van der Waals surface area contributed by atoms with E-state index >= 15 is 0 Å². The fraction of sp³-hybridized carbons (Fsp3) is 0.0566. The van der Waals surface area contributed by atoms with Gasteiger partial charge in [0.1, 0.15) is 0 Å². The molecule has 0 saturated carbocycles. The summed E-state index contributed by atoms with van der Waals surface area (Å²) in [6.07, 6.45) is 25.9. The first-order chi connectivity index (χ1) is 25.8. The van der Waals surface area contributed by atoms with Gasteiger partial charge in [-0.2, -0.15) is 0 Å². The third-order valence-corrected chi connectivity index (χ3v) is 9.95. The number of rotatable bonds is 13. The molecular formula is C53H46. The molecule has 0 heterocycles. The van der Waals surface area contributed by atoms with Crippen LogP contribution in [0.15, 0.2) is 214 Å². The maximum atomic E-state index is 4.60. The number of allylic oxidation sites excluding steroid dienone is 14. The van der Waals surface area contributed by atoms with E-state index in [4.69, 9.17) is 0 Å². The molecule has 0 amide bonds. The van der Waals surface area contributed by atoms with E-state index in [-0.39, 0.29) is 5.41 Å². The molecule has 0 fully saturated rings. The van der Waals surface area contributed by atoms with Gasteiger partial charge in [0.15, 0.2) is 0 Å². The van der Waals surface area contributed by atoms with Gasteiger partial charge in [0.2, 0.25) is 0 Å². The molecule has 0 heteroatoms. The van der Waals surface area contributed by atoms with Crippen molar-refractivity contribution in [3.05, 3.63) is 253 Å². The Morgan fingerprint density at radius 2 is 1.26 bits per heavy atom. The second-order valence-corrected chi connectivity index (χ2v) is 13.6. The van der Waals surface area contributed by atoms with Crippen molar-refractivity contribution >= 4 is 34.1 Å². The van der Waals surface area contributed by atoms with Crippen LogP contribution in [0.3, 0.4) is 0 Å². The SMILES string of the molecule is C=C/C=C/C=C(\C=C\C=C)/C=C/C(/C=C\C(=C)c1ccc2c(c1)C(C)(C)c1c-2ccc2ccccc12)=C(\c1ccccc1)c1ccc(C=C)c(C=C)c1. The minimum absolute atomic E-state index is 0.151. The largest absolute Gasteiger partial charge is 0.0991 e. The van der Waals surface area contributed by atoms with Gasteiger partial charge in [0, 0.05) is 5.41 Å². The molecule has 1 aliphatic rings. The number of hydrogen-bond donors (Lipinski definition) is 0. The van der Waals surface area contributed by atoms with Gasteiger partial charge in [0.25, 0.3) is 0 Å². The lowest BCUT2D eigenvalue weighted by Gasteiger charge is -2.23. The summed E-state index contributed by atoms with van der Waals surface area (Å²) in [6.45, 7) is 25.1. The highest BCUT2D eigenvalue weighted by atomic mass is 14.4. The molecular weight excluding hydrogens is 637 g/mol. The third kappa shape index (κ3) is 7.59. The highest BCUT2D eigenvalue weighted by molar-refractivity contribution is 5.98. The van der Waals surface area contributed by atoms with Crippen LogP contribution in [0.1, 0.15) is 52.8 Å². The van der Waals surface area contributed by atoms with Crippen LogP contribution in [0.5, 0.6) is 0 Å². The lowest BCUT2D eigenvalue weighted by molar-refractivity contribution is 0.666. The zero-order valence-corrected chi connectivity index (χ0v) is 30.9. The van der Waals surface area contributed by atoms with E-state index in [1.54, 1.807) is 12.2 Å². The number of benzene rings is 5. The van der Waals surface area contributed by atoms with Crippen LogP contribution >= 0.6 is 0 Å². The summed E-state index contributed by atoms with van der Waals surface area (Å²) >= 11 is 0. The maximum absolute atomic E-state index is 4.60. The average Bonchev–Trinajstić information content (AvgIpc) is 3.43. The monoisotopic (exact) mass is 682 g/mol. The van der Waals surface area contributed by atoms with Gasteiger partial charge >= 0.3 is 0 Å². The summed E-state index contributed by atoms with van der Waals surface area (Å²) in [4.78, 5) is 0. The molecule has 0 aliphatic heterocycles. The Bertz CT molecular complexity index is 2430. The lowest BCUT2D eigenvalue weighted by atomic mass is 9.79. The first kappa shape index (κ1) is 36.3. The van der Waals surface area contributed by atoms with Gasteiger partial charge in [-0.1, -0.05) is 217 Å². The first-order valence-corrected chi connectivity index (χ1v) is 18.0. The zero-order chi connectivity index (χ0) is 37.4. The number of hydrogen-bond acceptors (Lipinski definition) is 0. The Morgan fingerprint density at radius 3 is 2.02 bits per heavy atom. The van der Waals surface area contributed by atoms with E-state index in [0.29, 0.717) is 0 Å². The molecule has 53 heavy (non-hydrogen) atoms. The van der Waals surface area contributed by atoms with Gasteiger partial charge in [-0.15, -0.1) is 0 Å². The molecule has 0 spiro atoms. The predicted molar refractivity (Wildman–Crippen MR) is 235 cm³/mol. The Labute approximate surface area is 316 Å². The van der Waals surface area contributed by atoms with Crippen LogP contribution in [-0.4, -0.2) is 0 Å². The van der Waals surface area contributed by atoms with Crippen LogP contribution in [0.4, 0.5) is 0 Å². The van der Waals surface area contributed by atoms with Crippen LogP contribution in [-0.2, 0) is 5.41 Å². The van der Waals surface area contributed by atoms with Crippen LogP contribution in [0.2, 0.25) is 0 Å². The Kier molecular flexibility index (Phi) is 11.1. The second-order valence-electron chi connectivity index (χ2n) is 13.6. The van der Waals surface area contributed by atoms with Crippen LogP contribution in [0, 0.1) is 0 Å². The molecule has 0 saturated heterocycles. The standard InChI is InChI=1S/C53H46/c1-8-12-15-21-39(20-13-9-2)27-29-44(51(43-23-16-14-17-24-43)46-31-30-40(10-3)41(11-4)36-46)28-26-38(5)45-33-34-48-49-35-32-42-22-18-19-25-47(42)52(49)53(6,7)50(48)37-45/h8-37H,1-5H2,6-7H3/b15-12+,20-13+,28-26-,29-27+,39-21+,51-44+. The van der Waals surface area contributed by atoms with Crippen molar-refractivity contribution in [1.82, 2.24) is 0 Å². The van der Waals surface area contributed by atoms with Gasteiger partial charge in [0.05, 0.1) is 0 Å². The van der Waals surface area contributed by atoms with Gasteiger partial charge in [-0.05, 0) is 95.3 Å². The molecule has 1 aliphatic carbocycles. The van der Waals surface area contributed by atoms with E-state index in [0.717, 1.165) is 50.1 Å². The third-order valence-electron chi connectivity index (χ3n) is 9.95. The zero-order valence-electron chi connectivity index (χ0n) is 30.9. The molecule has 0 aromatic heterocycles. The minimum atomic E-state index is -0.151. The highest BCUT2D eigenvalue weighted by Gasteiger charge is 2.37.